The van der Waals surface area contributed by atoms with Crippen molar-refractivity contribution in [2.24, 2.45) is 0 Å². The average Bonchev–Trinajstić information content (AvgIpc) is 2.85. The number of esters is 1. The van der Waals surface area contributed by atoms with E-state index in [0.29, 0.717) is 13.1 Å². The van der Waals surface area contributed by atoms with Crippen LogP contribution < -0.4 is 9.47 Å². The zero-order chi connectivity index (χ0) is 23.3. The number of nitrogens with zero attached hydrogens (tertiary/aromatic N) is 2. The Morgan fingerprint density at radius 3 is 1.70 bits per heavy atom. The monoisotopic (exact) mass is 488 g/mol. The highest BCUT2D eigenvalue weighted by molar-refractivity contribution is 8.18. The Hall–Kier alpha value is -1.87. The van der Waals surface area contributed by atoms with Crippen molar-refractivity contribution in [3.05, 3.63) is 59.7 Å². The molecule has 0 aliphatic carbocycles. The highest BCUT2D eigenvalue weighted by Crippen LogP contribution is 2.46. The van der Waals surface area contributed by atoms with Gasteiger partial charge in [-0.3, -0.25) is 9.80 Å². The van der Waals surface area contributed by atoms with Gasteiger partial charge in [0.2, 0.25) is 0 Å². The van der Waals surface area contributed by atoms with Crippen molar-refractivity contribution in [1.29, 1.82) is 0 Å². The van der Waals surface area contributed by atoms with Crippen LogP contribution >= 0.6 is 23.5 Å². The minimum Gasteiger partial charge on any atom is -0.497 e. The van der Waals surface area contributed by atoms with Crippen LogP contribution in [0.15, 0.2) is 48.5 Å². The topological polar surface area (TPSA) is 51.2 Å². The van der Waals surface area contributed by atoms with Gasteiger partial charge in [-0.2, -0.15) is 0 Å². The predicted molar refractivity (Wildman–Crippen MR) is 135 cm³/mol. The van der Waals surface area contributed by atoms with Crippen molar-refractivity contribution in [2.45, 2.75) is 29.8 Å². The number of methoxy groups -OCH3 is 3. The summed E-state index contributed by atoms with van der Waals surface area (Å²) in [6.45, 7) is 3.03. The number of carbonyl (C=O) groups is 1. The van der Waals surface area contributed by atoms with Crippen LogP contribution in [0.5, 0.6) is 11.5 Å². The first-order chi connectivity index (χ1) is 16.1. The molecule has 6 nitrogen and oxygen atoms in total. The van der Waals surface area contributed by atoms with Crippen LogP contribution in [0.25, 0.3) is 0 Å². The van der Waals surface area contributed by atoms with Gasteiger partial charge in [-0.15, -0.1) is 23.5 Å². The van der Waals surface area contributed by atoms with Crippen LogP contribution in [-0.2, 0) is 22.6 Å². The van der Waals surface area contributed by atoms with Crippen LogP contribution in [0.3, 0.4) is 0 Å². The molecule has 2 aliphatic heterocycles. The fraction of sp³-hybridized carbons (Fsp3) is 0.480. The Labute approximate surface area is 204 Å². The zero-order valence-electron chi connectivity index (χ0n) is 19.5. The molecule has 33 heavy (non-hydrogen) atoms. The van der Waals surface area contributed by atoms with E-state index in [1.54, 1.807) is 14.2 Å². The van der Waals surface area contributed by atoms with Crippen LogP contribution in [0.4, 0.5) is 0 Å². The first kappa shape index (κ1) is 24.3. The smallest absolute Gasteiger partial charge is 0.338 e. The number of benzene rings is 2. The van der Waals surface area contributed by atoms with E-state index >= 15 is 0 Å². The molecule has 178 valence electrons. The maximum Gasteiger partial charge on any atom is 0.338 e. The lowest BCUT2D eigenvalue weighted by atomic mass is 10.1. The van der Waals surface area contributed by atoms with Crippen LogP contribution in [0, 0.1) is 0 Å². The van der Waals surface area contributed by atoms with Gasteiger partial charge in [-0.25, -0.2) is 4.79 Å². The van der Waals surface area contributed by atoms with Gasteiger partial charge in [0.15, 0.2) is 6.17 Å². The molecule has 1 spiro atoms. The Bertz CT molecular complexity index is 856. The number of thioether (sulfide) groups is 2. The molecule has 2 aromatic rings. The summed E-state index contributed by atoms with van der Waals surface area (Å²) in [5, 5.41) is 0. The number of carbonyl (C=O) groups excluding carboxylic acids is 1. The average molecular weight is 489 g/mol. The SMILES string of the molecule is COC(=O)C1N(Cc2ccc(OC)cc2)CC2(CN1Cc1ccc(OC)cc1)SCCCS2. The lowest BCUT2D eigenvalue weighted by Gasteiger charge is -2.52. The van der Waals surface area contributed by atoms with E-state index in [1.165, 1.54) is 13.5 Å². The minimum absolute atomic E-state index is 0.0434. The van der Waals surface area contributed by atoms with E-state index in [-0.39, 0.29) is 10.0 Å². The molecule has 0 N–H and O–H groups in total. The highest BCUT2D eigenvalue weighted by Gasteiger charge is 2.48. The minimum atomic E-state index is -0.437. The lowest BCUT2D eigenvalue weighted by molar-refractivity contribution is -0.159. The van der Waals surface area contributed by atoms with Crippen LogP contribution in [0.2, 0.25) is 0 Å². The van der Waals surface area contributed by atoms with Gasteiger partial charge in [-0.05, 0) is 53.3 Å². The molecule has 0 bridgehead atoms. The Morgan fingerprint density at radius 2 is 1.30 bits per heavy atom. The molecule has 2 fully saturated rings. The van der Waals surface area contributed by atoms with Crippen molar-refractivity contribution >= 4 is 29.5 Å². The van der Waals surface area contributed by atoms with Gasteiger partial charge in [0, 0.05) is 26.2 Å². The molecule has 0 amide bonds. The highest BCUT2D eigenvalue weighted by atomic mass is 32.2. The van der Waals surface area contributed by atoms with E-state index in [1.807, 2.05) is 47.8 Å². The molecule has 2 saturated heterocycles. The molecule has 0 unspecified atom stereocenters. The second kappa shape index (κ2) is 11.0. The normalized spacial score (nSPS) is 19.4. The van der Waals surface area contributed by atoms with Crippen molar-refractivity contribution in [3.8, 4) is 11.5 Å². The van der Waals surface area contributed by atoms with Gasteiger partial charge >= 0.3 is 5.97 Å². The first-order valence-corrected chi connectivity index (χ1v) is 13.1. The molecule has 0 aromatic heterocycles. The molecule has 0 radical (unpaired) electrons. The van der Waals surface area contributed by atoms with Crippen molar-refractivity contribution < 1.29 is 19.0 Å². The fourth-order valence-electron chi connectivity index (χ4n) is 4.49. The molecule has 4 rings (SSSR count). The zero-order valence-corrected chi connectivity index (χ0v) is 21.1. The van der Waals surface area contributed by atoms with Crippen molar-refractivity contribution in [1.82, 2.24) is 9.80 Å². The largest absolute Gasteiger partial charge is 0.497 e. The summed E-state index contributed by atoms with van der Waals surface area (Å²) in [7, 11) is 4.82. The third kappa shape index (κ3) is 5.80. The predicted octanol–water partition coefficient (Wildman–Crippen LogP) is 4.09. The summed E-state index contributed by atoms with van der Waals surface area (Å²) in [5.74, 6) is 3.76. The van der Waals surface area contributed by atoms with Gasteiger partial charge in [0.1, 0.15) is 11.5 Å². The number of ether oxygens (including phenoxy) is 3. The van der Waals surface area contributed by atoms with Gasteiger partial charge in [-0.1, -0.05) is 24.3 Å². The Kier molecular flexibility index (Phi) is 8.11. The van der Waals surface area contributed by atoms with E-state index in [2.05, 4.69) is 34.1 Å². The van der Waals surface area contributed by atoms with Crippen molar-refractivity contribution in [3.63, 3.8) is 0 Å². The molecular formula is C25H32N2O4S2. The molecule has 2 aliphatic rings. The second-order valence-corrected chi connectivity index (χ2v) is 11.6. The van der Waals surface area contributed by atoms with E-state index < -0.39 is 6.17 Å². The van der Waals surface area contributed by atoms with Crippen LogP contribution in [-0.4, -0.2) is 71.9 Å². The Balaban J connectivity index is 1.63. The molecule has 2 aromatic carbocycles. The summed E-state index contributed by atoms with van der Waals surface area (Å²) in [6.07, 6.45) is 0.794. The summed E-state index contributed by atoms with van der Waals surface area (Å²) in [5.41, 5.74) is 2.30. The number of hydrogen-bond acceptors (Lipinski definition) is 8. The van der Waals surface area contributed by atoms with E-state index in [4.69, 9.17) is 14.2 Å². The Morgan fingerprint density at radius 1 is 0.848 bits per heavy atom. The van der Waals surface area contributed by atoms with Gasteiger partial charge in [0.05, 0.1) is 25.4 Å². The number of hydrogen-bond donors (Lipinski definition) is 0. The van der Waals surface area contributed by atoms with E-state index in [9.17, 15) is 4.79 Å². The fourth-order valence-corrected chi connectivity index (χ4v) is 7.86. The molecule has 8 heteroatoms. The third-order valence-corrected chi connectivity index (χ3v) is 9.36. The summed E-state index contributed by atoms with van der Waals surface area (Å²) in [6, 6.07) is 16.2. The lowest BCUT2D eigenvalue weighted by Crippen LogP contribution is -2.65. The maximum absolute atomic E-state index is 13.1. The second-order valence-electron chi connectivity index (χ2n) is 8.36. The molecule has 0 saturated carbocycles. The molecular weight excluding hydrogens is 456 g/mol. The molecule has 0 atom stereocenters. The van der Waals surface area contributed by atoms with Crippen molar-refractivity contribution in [2.75, 3.05) is 45.9 Å². The summed E-state index contributed by atoms with van der Waals surface area (Å²) >= 11 is 4.07. The number of rotatable bonds is 7. The third-order valence-electron chi connectivity index (χ3n) is 6.10. The standard InChI is InChI=1S/C25H32N2O4S2/c1-29-21-9-5-19(6-10-21)15-26-17-25(32-13-4-14-33-25)18-27(23(26)24(28)31-3)16-20-7-11-22(30-2)12-8-20/h5-12,23H,4,13-18H2,1-3H3. The molecule has 2 heterocycles. The van der Waals surface area contributed by atoms with Gasteiger partial charge < -0.3 is 14.2 Å². The first-order valence-electron chi connectivity index (χ1n) is 11.2. The maximum atomic E-state index is 13.1. The van der Waals surface area contributed by atoms with E-state index in [0.717, 1.165) is 47.2 Å². The summed E-state index contributed by atoms with van der Waals surface area (Å²) < 4.78 is 16.0. The summed E-state index contributed by atoms with van der Waals surface area (Å²) in [4.78, 5) is 17.6. The quantitative estimate of drug-likeness (QED) is 0.541. The van der Waals surface area contributed by atoms with Crippen LogP contribution in [0.1, 0.15) is 17.5 Å². The van der Waals surface area contributed by atoms with Gasteiger partial charge in [0.25, 0.3) is 0 Å².